The van der Waals surface area contributed by atoms with Crippen molar-refractivity contribution in [2.75, 3.05) is 17.2 Å². The van der Waals surface area contributed by atoms with Crippen molar-refractivity contribution in [2.45, 2.75) is 0 Å². The molecule has 0 saturated heterocycles. The van der Waals surface area contributed by atoms with Crippen LogP contribution in [0, 0.1) is 11.6 Å². The van der Waals surface area contributed by atoms with E-state index in [1.165, 1.54) is 12.1 Å². The Morgan fingerprint density at radius 3 is 2.35 bits per heavy atom. The summed E-state index contributed by atoms with van der Waals surface area (Å²) in [5.74, 6) is -1.94. The van der Waals surface area contributed by atoms with Crippen molar-refractivity contribution in [3.8, 4) is 11.3 Å². The van der Waals surface area contributed by atoms with E-state index in [9.17, 15) is 8.78 Å². The predicted octanol–water partition coefficient (Wildman–Crippen LogP) is 1.17. The van der Waals surface area contributed by atoms with Gasteiger partial charge in [0.1, 0.15) is 11.5 Å². The topological polar surface area (TPSA) is 104 Å². The van der Waals surface area contributed by atoms with Crippen molar-refractivity contribution in [1.29, 1.82) is 0 Å². The maximum atomic E-state index is 13.7. The Morgan fingerprint density at radius 1 is 1.00 bits per heavy atom. The largest absolute Gasteiger partial charge is 0.396 e. The second-order valence-corrected chi connectivity index (χ2v) is 3.37. The summed E-state index contributed by atoms with van der Waals surface area (Å²) in [6.45, 7) is 0. The fourth-order valence-electron chi connectivity index (χ4n) is 1.36. The Bertz CT molecular complexity index is 585. The smallest absolute Gasteiger partial charge is 0.222 e. The summed E-state index contributed by atoms with van der Waals surface area (Å²) in [6, 6.07) is 3.69. The molecule has 0 fully saturated rings. The molecule has 7 heteroatoms. The molecule has 0 spiro atoms. The van der Waals surface area contributed by atoms with Gasteiger partial charge in [0.15, 0.2) is 11.6 Å². The highest BCUT2D eigenvalue weighted by molar-refractivity contribution is 5.68. The third kappa shape index (κ3) is 1.94. The summed E-state index contributed by atoms with van der Waals surface area (Å²) < 4.78 is 26.6. The number of nitrogens with zero attached hydrogens (tertiary/aromatic N) is 2. The van der Waals surface area contributed by atoms with Gasteiger partial charge in [-0.3, -0.25) is 0 Å². The van der Waals surface area contributed by atoms with Crippen LogP contribution in [0.25, 0.3) is 11.3 Å². The third-order valence-corrected chi connectivity index (χ3v) is 2.16. The summed E-state index contributed by atoms with van der Waals surface area (Å²) in [5.41, 5.74) is 16.1. The van der Waals surface area contributed by atoms with Crippen LogP contribution in [0.4, 0.5) is 26.2 Å². The number of nitrogen functional groups attached to an aromatic ring is 3. The van der Waals surface area contributed by atoms with E-state index in [-0.39, 0.29) is 28.7 Å². The van der Waals surface area contributed by atoms with Crippen LogP contribution in [0.1, 0.15) is 0 Å². The minimum Gasteiger partial charge on any atom is -0.396 e. The van der Waals surface area contributed by atoms with Crippen molar-refractivity contribution in [1.82, 2.24) is 9.97 Å². The zero-order chi connectivity index (χ0) is 12.6. The van der Waals surface area contributed by atoms with Gasteiger partial charge >= 0.3 is 0 Å². The molecule has 5 nitrogen and oxygen atoms in total. The van der Waals surface area contributed by atoms with E-state index in [4.69, 9.17) is 17.2 Å². The lowest BCUT2D eigenvalue weighted by molar-refractivity contribution is 0.623. The number of nitrogens with two attached hydrogens (primary N) is 3. The van der Waals surface area contributed by atoms with E-state index in [1.54, 1.807) is 0 Å². The van der Waals surface area contributed by atoms with Crippen molar-refractivity contribution < 1.29 is 8.78 Å². The second-order valence-electron chi connectivity index (χ2n) is 3.37. The molecule has 2 aromatic rings. The molecular weight excluding hydrogens is 228 g/mol. The van der Waals surface area contributed by atoms with Gasteiger partial charge in [-0.1, -0.05) is 0 Å². The zero-order valence-corrected chi connectivity index (χ0v) is 8.61. The standard InChI is InChI=1S/C10H9F2N5/c11-5-2-1-4(3-6(5)13)8-7(12)9(14)17-10(15)16-8/h1-3H,13H2,(H4,14,15,16,17). The summed E-state index contributed by atoms with van der Waals surface area (Å²) in [5, 5.41) is 0. The van der Waals surface area contributed by atoms with Gasteiger partial charge in [0.2, 0.25) is 5.95 Å². The van der Waals surface area contributed by atoms with Gasteiger partial charge in [-0.2, -0.15) is 4.98 Å². The molecule has 1 aromatic heterocycles. The van der Waals surface area contributed by atoms with Crippen LogP contribution in [0.5, 0.6) is 0 Å². The maximum Gasteiger partial charge on any atom is 0.222 e. The summed E-state index contributed by atoms with van der Waals surface area (Å²) in [4.78, 5) is 7.17. The maximum absolute atomic E-state index is 13.7. The Hall–Kier alpha value is -2.44. The van der Waals surface area contributed by atoms with E-state index in [1.807, 2.05) is 0 Å². The summed E-state index contributed by atoms with van der Waals surface area (Å²) in [7, 11) is 0. The molecule has 6 N–H and O–H groups in total. The van der Waals surface area contributed by atoms with Gasteiger partial charge in [0.05, 0.1) is 5.69 Å². The van der Waals surface area contributed by atoms with Gasteiger partial charge in [0, 0.05) is 5.56 Å². The number of hydrogen-bond acceptors (Lipinski definition) is 5. The fraction of sp³-hybridized carbons (Fsp3) is 0. The van der Waals surface area contributed by atoms with Crippen LogP contribution in [0.2, 0.25) is 0 Å². The van der Waals surface area contributed by atoms with Gasteiger partial charge in [-0.25, -0.2) is 13.8 Å². The van der Waals surface area contributed by atoms with Gasteiger partial charge in [-0.15, -0.1) is 0 Å². The molecule has 88 valence electrons. The summed E-state index contributed by atoms with van der Waals surface area (Å²) >= 11 is 0. The van der Waals surface area contributed by atoms with Crippen LogP contribution in [0.3, 0.4) is 0 Å². The molecule has 0 radical (unpaired) electrons. The number of benzene rings is 1. The minimum absolute atomic E-state index is 0.110. The van der Waals surface area contributed by atoms with E-state index in [0.29, 0.717) is 0 Å². The number of aromatic nitrogens is 2. The highest BCUT2D eigenvalue weighted by Gasteiger charge is 2.14. The lowest BCUT2D eigenvalue weighted by Gasteiger charge is -2.06. The molecule has 0 saturated carbocycles. The first kappa shape index (κ1) is 11.1. The number of hydrogen-bond donors (Lipinski definition) is 3. The molecule has 0 aliphatic heterocycles. The minimum atomic E-state index is -0.815. The lowest BCUT2D eigenvalue weighted by atomic mass is 10.1. The van der Waals surface area contributed by atoms with E-state index >= 15 is 0 Å². The zero-order valence-electron chi connectivity index (χ0n) is 8.61. The normalized spacial score (nSPS) is 10.5. The van der Waals surface area contributed by atoms with Gasteiger partial charge in [0.25, 0.3) is 0 Å². The molecule has 17 heavy (non-hydrogen) atoms. The number of rotatable bonds is 1. The molecule has 0 atom stereocenters. The molecule has 0 amide bonds. The highest BCUT2D eigenvalue weighted by Crippen LogP contribution is 2.26. The molecule has 0 bridgehead atoms. The quantitative estimate of drug-likeness (QED) is 0.646. The first-order valence-electron chi connectivity index (χ1n) is 4.63. The Balaban J connectivity index is 2.64. The van der Waals surface area contributed by atoms with Crippen LogP contribution in [-0.2, 0) is 0 Å². The first-order valence-corrected chi connectivity index (χ1v) is 4.63. The molecule has 1 heterocycles. The molecule has 0 aliphatic carbocycles. The Kier molecular flexibility index (Phi) is 2.51. The SMILES string of the molecule is Nc1nc(N)c(F)c(-c2ccc(F)c(N)c2)n1. The molecule has 1 aromatic carbocycles. The van der Waals surface area contributed by atoms with Crippen LogP contribution in [-0.4, -0.2) is 9.97 Å². The average Bonchev–Trinajstić information content (AvgIpc) is 2.27. The predicted molar refractivity (Wildman–Crippen MR) is 60.6 cm³/mol. The molecule has 0 aliphatic rings. The Morgan fingerprint density at radius 2 is 1.71 bits per heavy atom. The van der Waals surface area contributed by atoms with E-state index < -0.39 is 11.6 Å². The average molecular weight is 237 g/mol. The van der Waals surface area contributed by atoms with E-state index in [0.717, 1.165) is 6.07 Å². The number of anilines is 3. The summed E-state index contributed by atoms with van der Waals surface area (Å²) in [6.07, 6.45) is 0. The Labute approximate surface area is 95.3 Å². The van der Waals surface area contributed by atoms with Crippen LogP contribution < -0.4 is 17.2 Å². The van der Waals surface area contributed by atoms with Gasteiger partial charge in [-0.05, 0) is 18.2 Å². The van der Waals surface area contributed by atoms with Gasteiger partial charge < -0.3 is 17.2 Å². The molecule has 2 rings (SSSR count). The van der Waals surface area contributed by atoms with Crippen molar-refractivity contribution >= 4 is 17.5 Å². The van der Waals surface area contributed by atoms with Crippen molar-refractivity contribution in [3.63, 3.8) is 0 Å². The number of halogens is 2. The monoisotopic (exact) mass is 237 g/mol. The first-order chi connectivity index (χ1) is 7.99. The molecule has 0 unspecified atom stereocenters. The van der Waals surface area contributed by atoms with Crippen molar-refractivity contribution in [2.24, 2.45) is 0 Å². The highest BCUT2D eigenvalue weighted by atomic mass is 19.1. The van der Waals surface area contributed by atoms with Crippen LogP contribution in [0.15, 0.2) is 18.2 Å². The van der Waals surface area contributed by atoms with E-state index in [2.05, 4.69) is 9.97 Å². The molecular formula is C10H9F2N5. The second kappa shape index (κ2) is 3.85. The lowest BCUT2D eigenvalue weighted by Crippen LogP contribution is -2.05. The van der Waals surface area contributed by atoms with Crippen LogP contribution >= 0.6 is 0 Å². The fourth-order valence-corrected chi connectivity index (χ4v) is 1.36. The van der Waals surface area contributed by atoms with Crippen molar-refractivity contribution in [3.05, 3.63) is 29.8 Å². The third-order valence-electron chi connectivity index (χ3n) is 2.16.